The van der Waals surface area contributed by atoms with E-state index >= 15 is 0 Å². The van der Waals surface area contributed by atoms with Gasteiger partial charge in [0.25, 0.3) is 5.89 Å². The summed E-state index contributed by atoms with van der Waals surface area (Å²) in [4.78, 5) is 4.20. The van der Waals surface area contributed by atoms with Gasteiger partial charge in [-0.3, -0.25) is 0 Å². The Labute approximate surface area is 160 Å². The quantitative estimate of drug-likeness (QED) is 0.456. The van der Waals surface area contributed by atoms with Crippen LogP contribution in [0.25, 0.3) is 22.8 Å². The molecule has 1 aromatic heterocycles. The number of nitrogens with zero attached hydrogens (tertiary/aromatic N) is 2. The van der Waals surface area contributed by atoms with Gasteiger partial charge in [-0.2, -0.15) is 4.98 Å². The summed E-state index contributed by atoms with van der Waals surface area (Å²) in [5, 5.41) is 3.87. The zero-order chi connectivity index (χ0) is 19.5. The van der Waals surface area contributed by atoms with E-state index in [0.717, 1.165) is 17.7 Å². The van der Waals surface area contributed by atoms with Crippen molar-refractivity contribution in [2.45, 2.75) is 13.5 Å². The van der Waals surface area contributed by atoms with E-state index in [4.69, 9.17) is 9.26 Å². The summed E-state index contributed by atoms with van der Waals surface area (Å²) in [7, 11) is 0. The van der Waals surface area contributed by atoms with Crippen LogP contribution in [0.1, 0.15) is 11.1 Å². The highest BCUT2D eigenvalue weighted by Crippen LogP contribution is 2.26. The Kier molecular flexibility index (Phi) is 4.85. The highest BCUT2D eigenvalue weighted by molar-refractivity contribution is 5.60. The number of rotatable bonds is 5. The molecular formula is C22H16F2N2O2. The molecular weight excluding hydrogens is 362 g/mol. The molecule has 4 aromatic rings. The van der Waals surface area contributed by atoms with Crippen LogP contribution in [-0.4, -0.2) is 10.1 Å². The number of aryl methyl sites for hydroxylation is 1. The van der Waals surface area contributed by atoms with Crippen LogP contribution in [0.3, 0.4) is 0 Å². The highest BCUT2D eigenvalue weighted by Gasteiger charge is 2.15. The topological polar surface area (TPSA) is 48.2 Å². The predicted octanol–water partition coefficient (Wildman–Crippen LogP) is 5.57. The molecule has 6 heteroatoms. The number of hydrogen-bond acceptors (Lipinski definition) is 4. The van der Waals surface area contributed by atoms with Crippen molar-refractivity contribution in [1.82, 2.24) is 10.1 Å². The average molecular weight is 378 g/mol. The normalized spacial score (nSPS) is 10.8. The molecule has 0 N–H and O–H groups in total. The van der Waals surface area contributed by atoms with Crippen LogP contribution < -0.4 is 4.74 Å². The predicted molar refractivity (Wildman–Crippen MR) is 101 cm³/mol. The standard InChI is InChI=1S/C22H16F2N2O2/c1-14-4-2-3-5-16(14)13-27-18-9-6-15(7-10-18)21-25-22(28-26-21)19-11-8-17(23)12-20(19)24/h2-12H,13H2,1H3. The molecule has 0 aliphatic carbocycles. The van der Waals surface area contributed by atoms with Crippen molar-refractivity contribution in [3.8, 4) is 28.6 Å². The van der Waals surface area contributed by atoms with Crippen LogP contribution in [0.5, 0.6) is 5.75 Å². The van der Waals surface area contributed by atoms with Gasteiger partial charge in [0.05, 0.1) is 5.56 Å². The summed E-state index contributed by atoms with van der Waals surface area (Å²) in [6.07, 6.45) is 0. The molecule has 140 valence electrons. The van der Waals surface area contributed by atoms with Gasteiger partial charge in [-0.05, 0) is 54.4 Å². The van der Waals surface area contributed by atoms with Gasteiger partial charge >= 0.3 is 0 Å². The SMILES string of the molecule is Cc1ccccc1COc1ccc(-c2noc(-c3ccc(F)cc3F)n2)cc1. The fraction of sp³-hybridized carbons (Fsp3) is 0.0909. The first-order valence-electron chi connectivity index (χ1n) is 8.67. The Hall–Kier alpha value is -3.54. The summed E-state index contributed by atoms with van der Waals surface area (Å²) in [6, 6.07) is 18.4. The minimum absolute atomic E-state index is 0.00706. The van der Waals surface area contributed by atoms with Crippen LogP contribution in [-0.2, 0) is 6.61 Å². The molecule has 0 fully saturated rings. The third-order valence-corrected chi connectivity index (χ3v) is 4.36. The Morgan fingerprint density at radius 3 is 2.50 bits per heavy atom. The third kappa shape index (κ3) is 3.76. The molecule has 0 aliphatic heterocycles. The van der Waals surface area contributed by atoms with Crippen LogP contribution in [0.4, 0.5) is 8.78 Å². The van der Waals surface area contributed by atoms with Crippen molar-refractivity contribution in [2.24, 2.45) is 0 Å². The summed E-state index contributed by atoms with van der Waals surface area (Å²) < 4.78 is 37.9. The second-order valence-electron chi connectivity index (χ2n) is 6.29. The van der Waals surface area contributed by atoms with Gasteiger partial charge in [0, 0.05) is 11.6 Å². The first kappa shape index (κ1) is 17.9. The molecule has 0 saturated heterocycles. The minimum Gasteiger partial charge on any atom is -0.489 e. The van der Waals surface area contributed by atoms with Crippen molar-refractivity contribution in [3.63, 3.8) is 0 Å². The van der Waals surface area contributed by atoms with Gasteiger partial charge in [0.1, 0.15) is 24.0 Å². The van der Waals surface area contributed by atoms with Crippen LogP contribution >= 0.6 is 0 Å². The summed E-state index contributed by atoms with van der Waals surface area (Å²) in [5.41, 5.74) is 3.04. The van der Waals surface area contributed by atoms with Crippen molar-refractivity contribution < 1.29 is 18.0 Å². The monoisotopic (exact) mass is 378 g/mol. The molecule has 4 rings (SSSR count). The average Bonchev–Trinajstić information content (AvgIpc) is 3.17. The first-order valence-corrected chi connectivity index (χ1v) is 8.67. The maximum atomic E-state index is 13.9. The van der Waals surface area contributed by atoms with Crippen molar-refractivity contribution in [3.05, 3.63) is 89.5 Å². The number of ether oxygens (including phenoxy) is 1. The molecule has 0 atom stereocenters. The molecule has 4 nitrogen and oxygen atoms in total. The van der Waals surface area contributed by atoms with E-state index in [1.807, 2.05) is 43.3 Å². The van der Waals surface area contributed by atoms with Crippen molar-refractivity contribution >= 4 is 0 Å². The maximum absolute atomic E-state index is 13.9. The lowest BCUT2D eigenvalue weighted by molar-refractivity contribution is 0.305. The largest absolute Gasteiger partial charge is 0.489 e. The fourth-order valence-corrected chi connectivity index (χ4v) is 2.75. The van der Waals surface area contributed by atoms with Crippen LogP contribution in [0.15, 0.2) is 71.3 Å². The molecule has 3 aromatic carbocycles. The molecule has 0 amide bonds. The zero-order valence-corrected chi connectivity index (χ0v) is 15.0. The van der Waals surface area contributed by atoms with E-state index in [1.54, 1.807) is 12.1 Å². The Morgan fingerprint density at radius 1 is 0.964 bits per heavy atom. The smallest absolute Gasteiger partial charge is 0.261 e. The van der Waals surface area contributed by atoms with E-state index < -0.39 is 11.6 Å². The lowest BCUT2D eigenvalue weighted by atomic mass is 10.1. The van der Waals surface area contributed by atoms with E-state index in [1.165, 1.54) is 11.6 Å². The number of halogens is 2. The lowest BCUT2D eigenvalue weighted by Gasteiger charge is -2.08. The van der Waals surface area contributed by atoms with Crippen molar-refractivity contribution in [2.75, 3.05) is 0 Å². The molecule has 0 spiro atoms. The summed E-state index contributed by atoms with van der Waals surface area (Å²) in [5.74, 6) is -0.408. The summed E-state index contributed by atoms with van der Waals surface area (Å²) in [6.45, 7) is 2.52. The number of benzene rings is 3. The van der Waals surface area contributed by atoms with Crippen molar-refractivity contribution in [1.29, 1.82) is 0 Å². The minimum atomic E-state index is -0.754. The van der Waals surface area contributed by atoms with Gasteiger partial charge in [-0.25, -0.2) is 8.78 Å². The molecule has 1 heterocycles. The Bertz CT molecular complexity index is 1110. The zero-order valence-electron chi connectivity index (χ0n) is 15.0. The second-order valence-corrected chi connectivity index (χ2v) is 6.29. The Morgan fingerprint density at radius 2 is 1.75 bits per heavy atom. The molecule has 0 saturated carbocycles. The van der Waals surface area contributed by atoms with Gasteiger partial charge < -0.3 is 9.26 Å². The van der Waals surface area contributed by atoms with Crippen LogP contribution in [0.2, 0.25) is 0 Å². The number of hydrogen-bond donors (Lipinski definition) is 0. The third-order valence-electron chi connectivity index (χ3n) is 4.36. The van der Waals surface area contributed by atoms with Crippen LogP contribution in [0, 0.1) is 18.6 Å². The molecule has 0 radical (unpaired) electrons. The van der Waals surface area contributed by atoms with E-state index in [-0.39, 0.29) is 11.5 Å². The van der Waals surface area contributed by atoms with E-state index in [0.29, 0.717) is 23.7 Å². The highest BCUT2D eigenvalue weighted by atomic mass is 19.1. The van der Waals surface area contributed by atoms with E-state index in [2.05, 4.69) is 10.1 Å². The Balaban J connectivity index is 1.48. The lowest BCUT2D eigenvalue weighted by Crippen LogP contribution is -1.97. The molecule has 0 bridgehead atoms. The molecule has 0 unspecified atom stereocenters. The molecule has 28 heavy (non-hydrogen) atoms. The summed E-state index contributed by atoms with van der Waals surface area (Å²) >= 11 is 0. The number of aromatic nitrogens is 2. The first-order chi connectivity index (χ1) is 13.6. The molecule has 0 aliphatic rings. The maximum Gasteiger partial charge on any atom is 0.261 e. The van der Waals surface area contributed by atoms with Gasteiger partial charge in [0.15, 0.2) is 0 Å². The van der Waals surface area contributed by atoms with Gasteiger partial charge in [-0.1, -0.05) is 29.4 Å². The van der Waals surface area contributed by atoms with E-state index in [9.17, 15) is 8.78 Å². The van der Waals surface area contributed by atoms with Gasteiger partial charge in [-0.15, -0.1) is 0 Å². The van der Waals surface area contributed by atoms with Gasteiger partial charge in [0.2, 0.25) is 5.82 Å². The fourth-order valence-electron chi connectivity index (χ4n) is 2.75. The second kappa shape index (κ2) is 7.60.